The van der Waals surface area contributed by atoms with Crippen molar-refractivity contribution in [2.45, 2.75) is 45.1 Å². The van der Waals surface area contributed by atoms with E-state index in [1.165, 1.54) is 64.4 Å². The molecule has 2 aliphatic rings. The van der Waals surface area contributed by atoms with Crippen LogP contribution in [-0.2, 0) is 17.8 Å². The molecule has 7 nitrogen and oxygen atoms in total. The Morgan fingerprint density at radius 2 is 1.70 bits per heavy atom. The Morgan fingerprint density at radius 3 is 2.43 bits per heavy atom. The van der Waals surface area contributed by atoms with E-state index in [-0.39, 0.29) is 0 Å². The monoisotopic (exact) mass is 411 g/mol. The molecule has 1 aromatic heterocycles. The van der Waals surface area contributed by atoms with Gasteiger partial charge in [0.15, 0.2) is 0 Å². The quantitative estimate of drug-likeness (QED) is 0.397. The lowest BCUT2D eigenvalue weighted by atomic mass is 10.1. The first kappa shape index (κ1) is 21.0. The summed E-state index contributed by atoms with van der Waals surface area (Å²) in [5.74, 6) is 0.623. The summed E-state index contributed by atoms with van der Waals surface area (Å²) in [7, 11) is 0. The van der Waals surface area contributed by atoms with Gasteiger partial charge in [-0.05, 0) is 75.6 Å². The van der Waals surface area contributed by atoms with Crippen molar-refractivity contribution < 1.29 is 10.0 Å². The molecule has 2 N–H and O–H groups in total. The number of hydrogen-bond acceptors (Lipinski definition) is 5. The van der Waals surface area contributed by atoms with Crippen LogP contribution in [0.1, 0.15) is 43.5 Å². The Labute approximate surface area is 178 Å². The normalized spacial score (nSPS) is 18.6. The van der Waals surface area contributed by atoms with Crippen LogP contribution in [-0.4, -0.2) is 69.7 Å². The van der Waals surface area contributed by atoms with Crippen molar-refractivity contribution in [1.82, 2.24) is 24.8 Å². The molecule has 30 heavy (non-hydrogen) atoms. The molecule has 2 fully saturated rings. The van der Waals surface area contributed by atoms with Crippen LogP contribution in [0, 0.1) is 0 Å². The second kappa shape index (κ2) is 10.2. The third kappa shape index (κ3) is 5.28. The van der Waals surface area contributed by atoms with Gasteiger partial charge in [0.25, 0.3) is 5.91 Å². The topological polar surface area (TPSA) is 73.6 Å². The maximum atomic E-state index is 11.3. The number of imidazole rings is 1. The van der Waals surface area contributed by atoms with E-state index in [1.807, 2.05) is 12.1 Å². The molecule has 0 spiro atoms. The van der Waals surface area contributed by atoms with E-state index in [0.717, 1.165) is 48.5 Å². The molecule has 0 radical (unpaired) electrons. The Kier molecular flexibility index (Phi) is 7.15. The van der Waals surface area contributed by atoms with Crippen molar-refractivity contribution in [2.75, 3.05) is 39.3 Å². The Morgan fingerprint density at radius 1 is 1.00 bits per heavy atom. The van der Waals surface area contributed by atoms with Crippen LogP contribution in [0.5, 0.6) is 0 Å². The van der Waals surface area contributed by atoms with E-state index in [2.05, 4.69) is 20.4 Å². The largest absolute Gasteiger partial charge is 0.327 e. The molecule has 1 amide bonds. The summed E-state index contributed by atoms with van der Waals surface area (Å²) in [6.45, 7) is 7.92. The molecule has 2 aliphatic heterocycles. The number of nitrogens with zero attached hydrogens (tertiary/aromatic N) is 4. The lowest BCUT2D eigenvalue weighted by Gasteiger charge is -2.26. The fourth-order valence-electron chi connectivity index (χ4n) is 4.64. The molecule has 0 unspecified atom stereocenters. The first-order chi connectivity index (χ1) is 14.7. The van der Waals surface area contributed by atoms with Gasteiger partial charge in [-0.25, -0.2) is 10.5 Å². The van der Waals surface area contributed by atoms with Gasteiger partial charge in [-0.3, -0.25) is 10.0 Å². The standard InChI is InChI=1S/C23H33N5O2/c29-23(25-30)9-7-19-6-8-21-20(18-19)24-22(10-15-26-11-2-1-3-12-26)28(21)17-16-27-13-4-5-14-27/h6-9,18,30H,1-5,10-17H2,(H,25,29). The highest BCUT2D eigenvalue weighted by Gasteiger charge is 2.17. The molecule has 0 saturated carbocycles. The predicted molar refractivity (Wildman–Crippen MR) is 118 cm³/mol. The van der Waals surface area contributed by atoms with Gasteiger partial charge >= 0.3 is 0 Å². The van der Waals surface area contributed by atoms with E-state index in [4.69, 9.17) is 10.2 Å². The Bertz CT molecular complexity index is 879. The summed E-state index contributed by atoms with van der Waals surface area (Å²) >= 11 is 0. The zero-order chi connectivity index (χ0) is 20.8. The molecule has 4 rings (SSSR count). The number of fused-ring (bicyclic) bond motifs is 1. The molecular weight excluding hydrogens is 378 g/mol. The van der Waals surface area contributed by atoms with Crippen LogP contribution < -0.4 is 5.48 Å². The van der Waals surface area contributed by atoms with Gasteiger partial charge in [0.05, 0.1) is 11.0 Å². The third-order valence-corrected chi connectivity index (χ3v) is 6.33. The second-order valence-corrected chi connectivity index (χ2v) is 8.44. The van der Waals surface area contributed by atoms with Crippen LogP contribution >= 0.6 is 0 Å². The smallest absolute Gasteiger partial charge is 0.267 e. The van der Waals surface area contributed by atoms with E-state index in [1.54, 1.807) is 11.6 Å². The summed E-state index contributed by atoms with van der Waals surface area (Å²) in [6, 6.07) is 6.13. The molecule has 2 aromatic rings. The van der Waals surface area contributed by atoms with Crippen molar-refractivity contribution >= 4 is 23.0 Å². The van der Waals surface area contributed by atoms with Crippen LogP contribution in [0.4, 0.5) is 0 Å². The van der Waals surface area contributed by atoms with Crippen molar-refractivity contribution in [3.63, 3.8) is 0 Å². The van der Waals surface area contributed by atoms with Gasteiger partial charge in [-0.1, -0.05) is 12.5 Å². The molecule has 162 valence electrons. The average Bonchev–Trinajstić information content (AvgIpc) is 3.42. The SMILES string of the molecule is O=C(C=Cc1ccc2c(c1)nc(CCN1CCCCC1)n2CCN1CCCC1)NO. The van der Waals surface area contributed by atoms with Gasteiger partial charge in [0.1, 0.15) is 5.82 Å². The number of aromatic nitrogens is 2. The Balaban J connectivity index is 1.54. The lowest BCUT2D eigenvalue weighted by molar-refractivity contribution is -0.124. The molecule has 3 heterocycles. The van der Waals surface area contributed by atoms with Gasteiger partial charge in [0.2, 0.25) is 0 Å². The van der Waals surface area contributed by atoms with Crippen molar-refractivity contribution in [1.29, 1.82) is 0 Å². The van der Waals surface area contributed by atoms with Crippen molar-refractivity contribution in [3.8, 4) is 0 Å². The fraction of sp³-hybridized carbons (Fsp3) is 0.565. The first-order valence-corrected chi connectivity index (χ1v) is 11.3. The number of carbonyl (C=O) groups excluding carboxylic acids is 1. The number of carbonyl (C=O) groups is 1. The fourth-order valence-corrected chi connectivity index (χ4v) is 4.64. The molecule has 0 bridgehead atoms. The maximum absolute atomic E-state index is 11.3. The number of likely N-dealkylation sites (tertiary alicyclic amines) is 2. The molecule has 2 saturated heterocycles. The molecule has 7 heteroatoms. The maximum Gasteiger partial charge on any atom is 0.267 e. The summed E-state index contributed by atoms with van der Waals surface area (Å²) in [6.07, 6.45) is 10.6. The van der Waals surface area contributed by atoms with Gasteiger partial charge in [-0.15, -0.1) is 0 Å². The van der Waals surface area contributed by atoms with Gasteiger partial charge in [-0.2, -0.15) is 0 Å². The summed E-state index contributed by atoms with van der Waals surface area (Å²) in [5, 5.41) is 8.67. The van der Waals surface area contributed by atoms with E-state index in [0.29, 0.717) is 0 Å². The predicted octanol–water partition coefficient (Wildman–Crippen LogP) is 2.68. The van der Waals surface area contributed by atoms with E-state index in [9.17, 15) is 4.79 Å². The van der Waals surface area contributed by atoms with Gasteiger partial charge in [0, 0.05) is 32.1 Å². The van der Waals surface area contributed by atoms with Crippen LogP contribution in [0.15, 0.2) is 24.3 Å². The Hall–Kier alpha value is -2.22. The second-order valence-electron chi connectivity index (χ2n) is 8.44. The minimum absolute atomic E-state index is 0.534. The number of amides is 1. The van der Waals surface area contributed by atoms with Crippen molar-refractivity contribution in [3.05, 3.63) is 35.7 Å². The zero-order valence-electron chi connectivity index (χ0n) is 17.7. The molecule has 1 aromatic carbocycles. The van der Waals surface area contributed by atoms with Crippen LogP contribution in [0.2, 0.25) is 0 Å². The third-order valence-electron chi connectivity index (χ3n) is 6.33. The average molecular weight is 412 g/mol. The van der Waals surface area contributed by atoms with Crippen molar-refractivity contribution in [2.24, 2.45) is 0 Å². The minimum Gasteiger partial charge on any atom is -0.327 e. The highest BCUT2D eigenvalue weighted by molar-refractivity contribution is 5.91. The first-order valence-electron chi connectivity index (χ1n) is 11.3. The highest BCUT2D eigenvalue weighted by atomic mass is 16.5. The highest BCUT2D eigenvalue weighted by Crippen LogP contribution is 2.21. The summed E-state index contributed by atoms with van der Waals surface area (Å²) in [5.41, 5.74) is 4.65. The molecule has 0 atom stereocenters. The van der Waals surface area contributed by atoms with E-state index < -0.39 is 5.91 Å². The number of benzene rings is 1. The van der Waals surface area contributed by atoms with Gasteiger partial charge < -0.3 is 14.4 Å². The summed E-state index contributed by atoms with van der Waals surface area (Å²) < 4.78 is 2.39. The van der Waals surface area contributed by atoms with Crippen LogP contribution in [0.3, 0.4) is 0 Å². The van der Waals surface area contributed by atoms with E-state index >= 15 is 0 Å². The van der Waals surface area contributed by atoms with Crippen LogP contribution in [0.25, 0.3) is 17.1 Å². The molecular formula is C23H33N5O2. The summed E-state index contributed by atoms with van der Waals surface area (Å²) in [4.78, 5) is 21.4. The molecule has 0 aliphatic carbocycles. The number of rotatable bonds is 8. The number of piperidine rings is 1. The number of hydrogen-bond donors (Lipinski definition) is 2. The number of nitrogens with one attached hydrogen (secondary N) is 1. The lowest BCUT2D eigenvalue weighted by Crippen LogP contribution is -2.32. The zero-order valence-corrected chi connectivity index (χ0v) is 17.7. The minimum atomic E-state index is -0.534. The number of hydroxylamine groups is 1.